The Morgan fingerprint density at radius 3 is 3.04 bits per heavy atom. The smallest absolute Gasteiger partial charge is 0.265 e. The van der Waals surface area contributed by atoms with Crippen molar-refractivity contribution in [3.8, 4) is 5.82 Å². The van der Waals surface area contributed by atoms with Crippen molar-refractivity contribution in [1.29, 1.82) is 0 Å². The van der Waals surface area contributed by atoms with Gasteiger partial charge in [0.05, 0.1) is 23.6 Å². The molecule has 134 valence electrons. The Balaban J connectivity index is 1.60. The van der Waals surface area contributed by atoms with Crippen LogP contribution in [0.5, 0.6) is 0 Å². The number of amides is 1. The number of pyridine rings is 1. The van der Waals surface area contributed by atoms with Gasteiger partial charge in [-0.15, -0.1) is 5.10 Å². The normalized spacial score (nSPS) is 16.5. The van der Waals surface area contributed by atoms with Gasteiger partial charge in [0.25, 0.3) is 5.91 Å². The zero-order chi connectivity index (χ0) is 18.1. The van der Waals surface area contributed by atoms with Gasteiger partial charge in [0, 0.05) is 11.8 Å². The lowest BCUT2D eigenvalue weighted by atomic mass is 9.93. The maximum atomic E-state index is 12.8. The molecule has 0 saturated heterocycles. The second kappa shape index (κ2) is 6.95. The topological polar surface area (TPSA) is 85.6 Å². The molecule has 0 saturated carbocycles. The van der Waals surface area contributed by atoms with Gasteiger partial charge in [-0.05, 0) is 48.8 Å². The van der Waals surface area contributed by atoms with Gasteiger partial charge < -0.3 is 5.32 Å². The lowest BCUT2D eigenvalue weighted by Gasteiger charge is -2.24. The van der Waals surface area contributed by atoms with Gasteiger partial charge in [0.1, 0.15) is 4.88 Å². The van der Waals surface area contributed by atoms with E-state index in [1.54, 1.807) is 6.20 Å². The number of carbonyl (C=O) groups is 1. The monoisotopic (exact) mass is 368 g/mol. The van der Waals surface area contributed by atoms with Crippen LogP contribution in [0.25, 0.3) is 5.82 Å². The van der Waals surface area contributed by atoms with Gasteiger partial charge in [-0.25, -0.2) is 9.67 Å². The number of aromatic nitrogens is 5. The largest absolute Gasteiger partial charge is 0.344 e. The summed E-state index contributed by atoms with van der Waals surface area (Å²) in [5.41, 5.74) is 2.94. The van der Waals surface area contributed by atoms with E-state index >= 15 is 0 Å². The number of nitrogens with zero attached hydrogens (tertiary/aromatic N) is 5. The van der Waals surface area contributed by atoms with Gasteiger partial charge in [-0.3, -0.25) is 4.79 Å². The number of carbonyl (C=O) groups excluding carboxylic acids is 1. The summed E-state index contributed by atoms with van der Waals surface area (Å²) < 4.78 is 5.83. The van der Waals surface area contributed by atoms with E-state index in [-0.39, 0.29) is 17.9 Å². The summed E-state index contributed by atoms with van der Waals surface area (Å²) in [5, 5.41) is 11.8. The van der Waals surface area contributed by atoms with Gasteiger partial charge >= 0.3 is 0 Å². The molecule has 7 nitrogen and oxygen atoms in total. The minimum Gasteiger partial charge on any atom is -0.344 e. The van der Waals surface area contributed by atoms with Gasteiger partial charge in [-0.1, -0.05) is 24.4 Å². The second-order valence-electron chi connectivity index (χ2n) is 6.71. The van der Waals surface area contributed by atoms with Crippen LogP contribution >= 0.6 is 11.5 Å². The Morgan fingerprint density at radius 1 is 1.38 bits per heavy atom. The second-order valence-corrected chi connectivity index (χ2v) is 7.46. The van der Waals surface area contributed by atoms with E-state index in [1.165, 1.54) is 0 Å². The minimum atomic E-state index is -0.105. The summed E-state index contributed by atoms with van der Waals surface area (Å²) in [6.07, 6.45) is 6.43. The molecule has 0 aromatic carbocycles. The molecular formula is C18H20N6OS. The predicted molar refractivity (Wildman–Crippen MR) is 98.5 cm³/mol. The van der Waals surface area contributed by atoms with E-state index in [2.05, 4.69) is 25.0 Å². The molecule has 26 heavy (non-hydrogen) atoms. The van der Waals surface area contributed by atoms with Crippen LogP contribution in [0.3, 0.4) is 0 Å². The third-order valence-electron chi connectivity index (χ3n) is 4.62. The summed E-state index contributed by atoms with van der Waals surface area (Å²) >= 11 is 1.15. The van der Waals surface area contributed by atoms with Gasteiger partial charge in [0.15, 0.2) is 5.82 Å². The van der Waals surface area contributed by atoms with Crippen molar-refractivity contribution in [3.63, 3.8) is 0 Å². The zero-order valence-electron chi connectivity index (χ0n) is 14.7. The molecule has 0 aliphatic heterocycles. The maximum Gasteiger partial charge on any atom is 0.265 e. The van der Waals surface area contributed by atoms with Crippen LogP contribution in [0.4, 0.5) is 0 Å². The van der Waals surface area contributed by atoms with Crippen molar-refractivity contribution in [2.75, 3.05) is 0 Å². The van der Waals surface area contributed by atoms with Crippen molar-refractivity contribution in [2.24, 2.45) is 0 Å². The fraction of sp³-hybridized carbons (Fsp3) is 0.389. The number of hydrogen-bond donors (Lipinski definition) is 1. The summed E-state index contributed by atoms with van der Waals surface area (Å²) in [4.78, 5) is 17.8. The van der Waals surface area contributed by atoms with E-state index in [1.807, 2.05) is 42.9 Å². The molecular weight excluding hydrogens is 348 g/mol. The molecule has 3 aromatic heterocycles. The van der Waals surface area contributed by atoms with Crippen LogP contribution in [0, 0.1) is 0 Å². The number of nitrogens with one attached hydrogen (secondary N) is 1. The Bertz CT molecular complexity index is 917. The first kappa shape index (κ1) is 16.8. The van der Waals surface area contributed by atoms with Gasteiger partial charge in [0.2, 0.25) is 0 Å². The molecule has 1 unspecified atom stereocenters. The Labute approximate surface area is 155 Å². The molecule has 0 radical (unpaired) electrons. The standard InChI is InChI=1S/C18H20N6OS/c1-11(2)16-17(26-23-22-16)18(25)21-13-6-5-7-14-12(13)10-20-24(14)15-8-3-4-9-19-15/h3-4,8-11,13H,5-7H2,1-2H3,(H,21,25). The SMILES string of the molecule is CC(C)c1nnsc1C(=O)NC1CCCc2c1cnn2-c1ccccn1. The average molecular weight is 368 g/mol. The minimum absolute atomic E-state index is 0.0502. The fourth-order valence-electron chi connectivity index (χ4n) is 3.34. The maximum absolute atomic E-state index is 12.8. The van der Waals surface area contributed by atoms with E-state index < -0.39 is 0 Å². The van der Waals surface area contributed by atoms with Gasteiger partial charge in [-0.2, -0.15) is 5.10 Å². The molecule has 1 amide bonds. The van der Waals surface area contributed by atoms with Crippen LogP contribution in [0.15, 0.2) is 30.6 Å². The molecule has 1 atom stereocenters. The van der Waals surface area contributed by atoms with Crippen LogP contribution in [0.2, 0.25) is 0 Å². The predicted octanol–water partition coefficient (Wildman–Crippen LogP) is 3.05. The third kappa shape index (κ3) is 3.01. The van der Waals surface area contributed by atoms with Crippen molar-refractivity contribution in [1.82, 2.24) is 29.7 Å². The summed E-state index contributed by atoms with van der Waals surface area (Å²) in [6, 6.07) is 5.72. The molecule has 1 aliphatic rings. The van der Waals surface area contributed by atoms with Crippen molar-refractivity contribution in [2.45, 2.75) is 45.1 Å². The zero-order valence-corrected chi connectivity index (χ0v) is 15.5. The molecule has 3 aromatic rings. The Kier molecular flexibility index (Phi) is 4.50. The highest BCUT2D eigenvalue weighted by Gasteiger charge is 2.28. The van der Waals surface area contributed by atoms with Crippen LogP contribution < -0.4 is 5.32 Å². The number of fused-ring (bicyclic) bond motifs is 1. The highest BCUT2D eigenvalue weighted by molar-refractivity contribution is 7.08. The highest BCUT2D eigenvalue weighted by Crippen LogP contribution is 2.31. The van der Waals surface area contributed by atoms with Crippen LogP contribution in [-0.2, 0) is 6.42 Å². The van der Waals surface area contributed by atoms with E-state index in [0.29, 0.717) is 4.88 Å². The Morgan fingerprint density at radius 2 is 2.27 bits per heavy atom. The van der Waals surface area contributed by atoms with Crippen molar-refractivity contribution in [3.05, 3.63) is 52.4 Å². The molecule has 4 rings (SSSR count). The average Bonchev–Trinajstić information content (AvgIpc) is 3.30. The highest BCUT2D eigenvalue weighted by atomic mass is 32.1. The molecule has 0 fully saturated rings. The lowest BCUT2D eigenvalue weighted by molar-refractivity contribution is 0.0935. The summed E-state index contributed by atoms with van der Waals surface area (Å²) in [6.45, 7) is 4.03. The third-order valence-corrected chi connectivity index (χ3v) is 5.36. The first-order valence-electron chi connectivity index (χ1n) is 8.76. The quantitative estimate of drug-likeness (QED) is 0.765. The van der Waals surface area contributed by atoms with Crippen LogP contribution in [-0.4, -0.2) is 30.3 Å². The van der Waals surface area contributed by atoms with Crippen molar-refractivity contribution < 1.29 is 4.79 Å². The Hall–Kier alpha value is -2.61. The first-order chi connectivity index (χ1) is 12.6. The van der Waals surface area contributed by atoms with E-state index in [4.69, 9.17) is 0 Å². The number of hydrogen-bond acceptors (Lipinski definition) is 6. The first-order valence-corrected chi connectivity index (χ1v) is 9.53. The molecule has 3 heterocycles. The molecule has 1 N–H and O–H groups in total. The summed E-state index contributed by atoms with van der Waals surface area (Å²) in [7, 11) is 0. The number of rotatable bonds is 4. The molecule has 1 aliphatic carbocycles. The van der Waals surface area contributed by atoms with E-state index in [0.717, 1.165) is 53.6 Å². The molecule has 0 bridgehead atoms. The summed E-state index contributed by atoms with van der Waals surface area (Å²) in [5.74, 6) is 0.866. The van der Waals surface area contributed by atoms with Crippen LogP contribution in [0.1, 0.15) is 65.3 Å². The fourth-order valence-corrected chi connectivity index (χ4v) is 4.06. The lowest BCUT2D eigenvalue weighted by Crippen LogP contribution is -2.31. The molecule has 0 spiro atoms. The van der Waals surface area contributed by atoms with Crippen molar-refractivity contribution >= 4 is 17.4 Å². The molecule has 8 heteroatoms. The van der Waals surface area contributed by atoms with E-state index in [9.17, 15) is 4.79 Å².